The van der Waals surface area contributed by atoms with Crippen LogP contribution in [0, 0.1) is 5.92 Å². The number of primary amides is 1. The Balaban J connectivity index is 1.93. The van der Waals surface area contributed by atoms with E-state index in [1.54, 1.807) is 4.90 Å². The number of hydrogen-bond donors (Lipinski definition) is 2. The van der Waals surface area contributed by atoms with E-state index in [1.807, 2.05) is 6.92 Å². The van der Waals surface area contributed by atoms with Gasteiger partial charge in [-0.3, -0.25) is 14.4 Å². The molecule has 2 rings (SSSR count). The van der Waals surface area contributed by atoms with Crippen LogP contribution in [-0.2, 0) is 9.59 Å². The Morgan fingerprint density at radius 1 is 1.50 bits per heavy atom. The molecule has 3 amide bonds. The Bertz CT molecular complexity index is 572. The van der Waals surface area contributed by atoms with Crippen LogP contribution >= 0.6 is 11.3 Å². The molecule has 0 saturated carbocycles. The van der Waals surface area contributed by atoms with E-state index >= 15 is 0 Å². The van der Waals surface area contributed by atoms with Gasteiger partial charge in [-0.15, -0.1) is 11.3 Å². The Morgan fingerprint density at radius 3 is 2.91 bits per heavy atom. The van der Waals surface area contributed by atoms with Crippen molar-refractivity contribution in [2.24, 2.45) is 11.7 Å². The van der Waals surface area contributed by atoms with Gasteiger partial charge in [0.05, 0.1) is 5.92 Å². The summed E-state index contributed by atoms with van der Waals surface area (Å²) in [6.45, 7) is 3.12. The molecule has 0 bridgehead atoms. The Kier molecular flexibility index (Phi) is 5.48. The number of amides is 3. The molecule has 22 heavy (non-hydrogen) atoms. The topological polar surface area (TPSA) is 105 Å². The lowest BCUT2D eigenvalue weighted by molar-refractivity contribution is -0.134. The first kappa shape index (κ1) is 16.4. The predicted molar refractivity (Wildman–Crippen MR) is 83.5 cm³/mol. The summed E-state index contributed by atoms with van der Waals surface area (Å²) in [6.07, 6.45) is 2.89. The van der Waals surface area contributed by atoms with Crippen molar-refractivity contribution in [3.8, 4) is 0 Å². The number of carbonyl (C=O) groups is 3. The maximum Gasteiger partial charge on any atom is 0.268 e. The highest BCUT2D eigenvalue weighted by molar-refractivity contribution is 7.14. The first-order chi connectivity index (χ1) is 10.5. The summed E-state index contributed by atoms with van der Waals surface area (Å²) in [5, 5.41) is 4.57. The third kappa shape index (κ3) is 4.03. The summed E-state index contributed by atoms with van der Waals surface area (Å²) in [5.41, 5.74) is 5.27. The van der Waals surface area contributed by atoms with Gasteiger partial charge in [-0.2, -0.15) is 0 Å². The molecule has 0 aromatic carbocycles. The van der Waals surface area contributed by atoms with Gasteiger partial charge in [0.15, 0.2) is 5.13 Å². The smallest absolute Gasteiger partial charge is 0.268 e. The van der Waals surface area contributed by atoms with Crippen LogP contribution in [0.25, 0.3) is 0 Å². The van der Waals surface area contributed by atoms with E-state index in [9.17, 15) is 14.4 Å². The highest BCUT2D eigenvalue weighted by Crippen LogP contribution is 2.21. The van der Waals surface area contributed by atoms with Gasteiger partial charge in [0.2, 0.25) is 11.8 Å². The zero-order valence-electron chi connectivity index (χ0n) is 12.5. The fraction of sp³-hybridized carbons (Fsp3) is 0.571. The lowest BCUT2D eigenvalue weighted by Gasteiger charge is -2.31. The number of rotatable bonds is 5. The average molecular weight is 324 g/mol. The number of nitrogens with one attached hydrogen (secondary N) is 1. The van der Waals surface area contributed by atoms with Crippen molar-refractivity contribution >= 4 is 34.2 Å². The first-order valence-electron chi connectivity index (χ1n) is 7.35. The standard InChI is InChI=1S/C14H20N4O3S/c1-2-4-11(19)18-6-3-5-9(7-18)13(21)17-14-16-10(8-22-14)12(15)20/h8-9H,2-7H2,1H3,(H2,15,20)(H,16,17,21)/t9-/m0/s1. The first-order valence-corrected chi connectivity index (χ1v) is 8.23. The largest absolute Gasteiger partial charge is 0.364 e. The number of hydrogen-bond acceptors (Lipinski definition) is 5. The average Bonchev–Trinajstić information content (AvgIpc) is 2.96. The molecule has 1 aromatic rings. The minimum Gasteiger partial charge on any atom is -0.364 e. The van der Waals surface area contributed by atoms with Crippen LogP contribution in [-0.4, -0.2) is 40.7 Å². The second-order valence-corrected chi connectivity index (χ2v) is 6.18. The Hall–Kier alpha value is -1.96. The normalized spacial score (nSPS) is 18.0. The lowest BCUT2D eigenvalue weighted by Crippen LogP contribution is -2.43. The fourth-order valence-electron chi connectivity index (χ4n) is 2.44. The summed E-state index contributed by atoms with van der Waals surface area (Å²) >= 11 is 1.16. The molecule has 1 fully saturated rings. The second kappa shape index (κ2) is 7.35. The van der Waals surface area contributed by atoms with Crippen LogP contribution < -0.4 is 11.1 Å². The highest BCUT2D eigenvalue weighted by atomic mass is 32.1. The zero-order chi connectivity index (χ0) is 16.1. The number of anilines is 1. The number of piperidine rings is 1. The summed E-state index contributed by atoms with van der Waals surface area (Å²) in [5.74, 6) is -0.925. The van der Waals surface area contributed by atoms with Crippen molar-refractivity contribution in [3.63, 3.8) is 0 Å². The van der Waals surface area contributed by atoms with Crippen LogP contribution in [0.15, 0.2) is 5.38 Å². The van der Waals surface area contributed by atoms with Gasteiger partial charge >= 0.3 is 0 Å². The minimum atomic E-state index is -0.620. The van der Waals surface area contributed by atoms with E-state index in [0.29, 0.717) is 24.6 Å². The van der Waals surface area contributed by atoms with E-state index in [0.717, 1.165) is 30.6 Å². The molecule has 1 atom stereocenters. The molecule has 1 aromatic heterocycles. The van der Waals surface area contributed by atoms with E-state index in [-0.39, 0.29) is 23.4 Å². The van der Waals surface area contributed by atoms with Gasteiger partial charge < -0.3 is 16.0 Å². The quantitative estimate of drug-likeness (QED) is 0.849. The van der Waals surface area contributed by atoms with Gasteiger partial charge in [-0.05, 0) is 19.3 Å². The van der Waals surface area contributed by atoms with Crippen molar-refractivity contribution in [2.45, 2.75) is 32.6 Å². The number of thiazole rings is 1. The van der Waals surface area contributed by atoms with Crippen LogP contribution in [0.2, 0.25) is 0 Å². The maximum absolute atomic E-state index is 12.3. The molecule has 0 radical (unpaired) electrons. The van der Waals surface area contributed by atoms with Crippen LogP contribution in [0.4, 0.5) is 5.13 Å². The Morgan fingerprint density at radius 2 is 2.27 bits per heavy atom. The molecule has 7 nitrogen and oxygen atoms in total. The second-order valence-electron chi connectivity index (χ2n) is 5.32. The van der Waals surface area contributed by atoms with Gasteiger partial charge in [-0.25, -0.2) is 4.98 Å². The summed E-state index contributed by atoms with van der Waals surface area (Å²) in [4.78, 5) is 40.9. The van der Waals surface area contributed by atoms with Crippen molar-refractivity contribution in [3.05, 3.63) is 11.1 Å². The van der Waals surface area contributed by atoms with Gasteiger partial charge in [-0.1, -0.05) is 6.92 Å². The van der Waals surface area contributed by atoms with E-state index < -0.39 is 5.91 Å². The monoisotopic (exact) mass is 324 g/mol. The summed E-state index contributed by atoms with van der Waals surface area (Å²) in [6, 6.07) is 0. The molecular weight excluding hydrogens is 304 g/mol. The van der Waals surface area contributed by atoms with Crippen molar-refractivity contribution < 1.29 is 14.4 Å². The molecular formula is C14H20N4O3S. The summed E-state index contributed by atoms with van der Waals surface area (Å²) < 4.78 is 0. The molecule has 3 N–H and O–H groups in total. The molecule has 1 saturated heterocycles. The predicted octanol–water partition coefficient (Wildman–Crippen LogP) is 1.22. The number of nitrogens with zero attached hydrogens (tertiary/aromatic N) is 2. The molecule has 1 aliphatic heterocycles. The molecule has 1 aliphatic rings. The van der Waals surface area contributed by atoms with Crippen molar-refractivity contribution in [2.75, 3.05) is 18.4 Å². The molecule has 0 unspecified atom stereocenters. The number of aromatic nitrogens is 1. The molecule has 120 valence electrons. The van der Waals surface area contributed by atoms with Crippen LogP contribution in [0.3, 0.4) is 0 Å². The van der Waals surface area contributed by atoms with Crippen molar-refractivity contribution in [1.82, 2.24) is 9.88 Å². The van der Waals surface area contributed by atoms with Crippen LogP contribution in [0.5, 0.6) is 0 Å². The van der Waals surface area contributed by atoms with Crippen LogP contribution in [0.1, 0.15) is 43.1 Å². The van der Waals surface area contributed by atoms with Crippen molar-refractivity contribution in [1.29, 1.82) is 0 Å². The lowest BCUT2D eigenvalue weighted by atomic mass is 9.97. The van der Waals surface area contributed by atoms with Gasteiger partial charge in [0.1, 0.15) is 5.69 Å². The third-order valence-electron chi connectivity index (χ3n) is 3.60. The SMILES string of the molecule is CCCC(=O)N1CCC[C@H](C(=O)Nc2nc(C(N)=O)cs2)C1. The van der Waals surface area contributed by atoms with Gasteiger partial charge in [0.25, 0.3) is 5.91 Å². The number of nitrogens with two attached hydrogens (primary N) is 1. The number of carbonyl (C=O) groups excluding carboxylic acids is 3. The molecule has 0 aliphatic carbocycles. The van der Waals surface area contributed by atoms with E-state index in [2.05, 4.69) is 10.3 Å². The van der Waals surface area contributed by atoms with E-state index in [1.165, 1.54) is 5.38 Å². The molecule has 0 spiro atoms. The molecule has 2 heterocycles. The van der Waals surface area contributed by atoms with E-state index in [4.69, 9.17) is 5.73 Å². The number of likely N-dealkylation sites (tertiary alicyclic amines) is 1. The Labute approximate surface area is 132 Å². The summed E-state index contributed by atoms with van der Waals surface area (Å²) in [7, 11) is 0. The fourth-order valence-corrected chi connectivity index (χ4v) is 3.14. The zero-order valence-corrected chi connectivity index (χ0v) is 13.3. The minimum absolute atomic E-state index is 0.102. The third-order valence-corrected chi connectivity index (χ3v) is 4.35. The highest BCUT2D eigenvalue weighted by Gasteiger charge is 2.28. The maximum atomic E-state index is 12.3. The van der Waals surface area contributed by atoms with Gasteiger partial charge in [0, 0.05) is 24.9 Å². The molecule has 8 heteroatoms.